The van der Waals surface area contributed by atoms with Crippen molar-refractivity contribution >= 4 is 5.97 Å². The van der Waals surface area contributed by atoms with Crippen LogP contribution >= 0.6 is 0 Å². The van der Waals surface area contributed by atoms with Crippen molar-refractivity contribution < 1.29 is 9.90 Å². The Morgan fingerprint density at radius 1 is 1.28 bits per heavy atom. The molecule has 5 nitrogen and oxygen atoms in total. The Balaban J connectivity index is 2.71. The van der Waals surface area contributed by atoms with E-state index in [0.29, 0.717) is 5.56 Å². The second-order valence-corrected chi connectivity index (χ2v) is 4.02. The summed E-state index contributed by atoms with van der Waals surface area (Å²) in [6.07, 6.45) is 2.77. The second-order valence-electron chi connectivity index (χ2n) is 4.02. The van der Waals surface area contributed by atoms with Gasteiger partial charge in [-0.1, -0.05) is 30.3 Å². The molecular weight excluding hydrogens is 232 g/mol. The van der Waals surface area contributed by atoms with E-state index in [0.717, 1.165) is 4.57 Å². The van der Waals surface area contributed by atoms with E-state index in [1.165, 1.54) is 25.4 Å². The summed E-state index contributed by atoms with van der Waals surface area (Å²) in [6.45, 7) is 1.48. The van der Waals surface area contributed by atoms with E-state index in [9.17, 15) is 14.7 Å². The highest BCUT2D eigenvalue weighted by Crippen LogP contribution is 2.24. The molecule has 0 amide bonds. The van der Waals surface area contributed by atoms with E-state index in [1.54, 1.807) is 30.3 Å². The molecule has 1 aromatic heterocycles. The SMILES string of the molecule is CC(C(=O)O)(c1ccccc1)n1cccnc1=O. The van der Waals surface area contributed by atoms with Crippen molar-refractivity contribution in [2.24, 2.45) is 0 Å². The minimum absolute atomic E-state index is 0.521. The quantitative estimate of drug-likeness (QED) is 0.877. The molecule has 0 radical (unpaired) electrons. The fourth-order valence-corrected chi connectivity index (χ4v) is 1.83. The van der Waals surface area contributed by atoms with Crippen LogP contribution in [0.15, 0.2) is 53.6 Å². The molecule has 2 rings (SSSR count). The summed E-state index contributed by atoms with van der Waals surface area (Å²) in [5.74, 6) is -1.11. The molecule has 0 spiro atoms. The lowest BCUT2D eigenvalue weighted by atomic mass is 9.92. The average Bonchev–Trinajstić information content (AvgIpc) is 2.39. The van der Waals surface area contributed by atoms with Crippen molar-refractivity contribution in [3.8, 4) is 0 Å². The van der Waals surface area contributed by atoms with Crippen molar-refractivity contribution in [3.05, 3.63) is 64.8 Å². The van der Waals surface area contributed by atoms with Gasteiger partial charge >= 0.3 is 11.7 Å². The van der Waals surface area contributed by atoms with Gasteiger partial charge in [-0.2, -0.15) is 0 Å². The van der Waals surface area contributed by atoms with Gasteiger partial charge in [-0.3, -0.25) is 4.57 Å². The Morgan fingerprint density at radius 2 is 1.94 bits per heavy atom. The van der Waals surface area contributed by atoms with Gasteiger partial charge in [-0.05, 0) is 18.6 Å². The molecule has 92 valence electrons. The predicted octanol–water partition coefficient (Wildman–Crippen LogP) is 1.09. The number of aliphatic carboxylic acids is 1. The molecule has 1 aromatic carbocycles. The number of nitrogens with zero attached hydrogens (tertiary/aromatic N) is 2. The zero-order valence-corrected chi connectivity index (χ0v) is 9.78. The standard InChI is InChI=1S/C13H12N2O3/c1-13(11(16)17,10-6-3-2-4-7-10)15-9-5-8-14-12(15)18/h2-9H,1H3,(H,16,17). The van der Waals surface area contributed by atoms with E-state index < -0.39 is 17.2 Å². The highest BCUT2D eigenvalue weighted by atomic mass is 16.4. The normalized spacial score (nSPS) is 13.8. The number of benzene rings is 1. The molecule has 2 aromatic rings. The van der Waals surface area contributed by atoms with Crippen molar-refractivity contribution in [2.75, 3.05) is 0 Å². The van der Waals surface area contributed by atoms with Crippen LogP contribution in [0.4, 0.5) is 0 Å². The summed E-state index contributed by atoms with van der Waals surface area (Å²) >= 11 is 0. The van der Waals surface area contributed by atoms with Crippen LogP contribution in [0.3, 0.4) is 0 Å². The third kappa shape index (κ3) is 1.79. The Morgan fingerprint density at radius 3 is 2.50 bits per heavy atom. The average molecular weight is 244 g/mol. The topological polar surface area (TPSA) is 72.2 Å². The third-order valence-corrected chi connectivity index (χ3v) is 2.95. The molecular formula is C13H12N2O3. The molecule has 0 aliphatic rings. The van der Waals surface area contributed by atoms with Crippen molar-refractivity contribution in [1.82, 2.24) is 9.55 Å². The van der Waals surface area contributed by atoms with Gasteiger partial charge in [-0.25, -0.2) is 14.6 Å². The third-order valence-electron chi connectivity index (χ3n) is 2.95. The first-order valence-electron chi connectivity index (χ1n) is 5.40. The molecule has 0 saturated heterocycles. The van der Waals surface area contributed by atoms with Crippen molar-refractivity contribution in [1.29, 1.82) is 0 Å². The zero-order valence-electron chi connectivity index (χ0n) is 9.78. The van der Waals surface area contributed by atoms with Gasteiger partial charge in [0.1, 0.15) is 0 Å². The Bertz CT molecular complexity index is 621. The van der Waals surface area contributed by atoms with Gasteiger partial charge in [0.15, 0.2) is 5.54 Å². The number of hydrogen-bond acceptors (Lipinski definition) is 3. The fourth-order valence-electron chi connectivity index (χ4n) is 1.83. The molecule has 1 N–H and O–H groups in total. The molecule has 1 atom stereocenters. The largest absolute Gasteiger partial charge is 0.479 e. The highest BCUT2D eigenvalue weighted by Gasteiger charge is 2.38. The number of hydrogen-bond donors (Lipinski definition) is 1. The predicted molar refractivity (Wildman–Crippen MR) is 65.3 cm³/mol. The lowest BCUT2D eigenvalue weighted by molar-refractivity contribution is -0.144. The molecule has 0 saturated carbocycles. The smallest absolute Gasteiger partial charge is 0.348 e. The Kier molecular flexibility index (Phi) is 2.97. The molecule has 0 bridgehead atoms. The van der Waals surface area contributed by atoms with Crippen LogP contribution in [0.1, 0.15) is 12.5 Å². The van der Waals surface area contributed by atoms with E-state index in [1.807, 2.05) is 0 Å². The molecule has 18 heavy (non-hydrogen) atoms. The van der Waals surface area contributed by atoms with Gasteiger partial charge in [0, 0.05) is 12.4 Å². The fraction of sp³-hybridized carbons (Fsp3) is 0.154. The number of rotatable bonds is 3. The Hall–Kier alpha value is -2.43. The maximum Gasteiger partial charge on any atom is 0.348 e. The molecule has 1 unspecified atom stereocenters. The number of carboxylic acid groups (broad SMARTS) is 1. The van der Waals surface area contributed by atoms with Gasteiger partial charge in [-0.15, -0.1) is 0 Å². The summed E-state index contributed by atoms with van der Waals surface area (Å²) in [5.41, 5.74) is -1.54. The van der Waals surface area contributed by atoms with Crippen LogP contribution < -0.4 is 5.69 Å². The van der Waals surface area contributed by atoms with E-state index >= 15 is 0 Å². The van der Waals surface area contributed by atoms with Crippen molar-refractivity contribution in [2.45, 2.75) is 12.5 Å². The lowest BCUT2D eigenvalue weighted by Gasteiger charge is -2.27. The van der Waals surface area contributed by atoms with Gasteiger partial charge in [0.05, 0.1) is 0 Å². The van der Waals surface area contributed by atoms with Crippen LogP contribution in [0.2, 0.25) is 0 Å². The summed E-state index contributed by atoms with van der Waals surface area (Å²) < 4.78 is 1.12. The van der Waals surface area contributed by atoms with E-state index in [-0.39, 0.29) is 0 Å². The lowest BCUT2D eigenvalue weighted by Crippen LogP contribution is -2.46. The van der Waals surface area contributed by atoms with Gasteiger partial charge < -0.3 is 5.11 Å². The van der Waals surface area contributed by atoms with Crippen LogP contribution in [0.25, 0.3) is 0 Å². The number of aromatic nitrogens is 2. The molecule has 0 fully saturated rings. The summed E-state index contributed by atoms with van der Waals surface area (Å²) in [6, 6.07) is 10.1. The van der Waals surface area contributed by atoms with Gasteiger partial charge in [0.2, 0.25) is 0 Å². The molecule has 1 heterocycles. The zero-order chi connectivity index (χ0) is 13.2. The number of carbonyl (C=O) groups is 1. The first-order valence-corrected chi connectivity index (χ1v) is 5.40. The summed E-state index contributed by atoms with van der Waals surface area (Å²) in [4.78, 5) is 26.9. The molecule has 0 aliphatic heterocycles. The molecule has 0 aliphatic carbocycles. The van der Waals surface area contributed by atoms with Crippen LogP contribution in [-0.4, -0.2) is 20.6 Å². The van der Waals surface area contributed by atoms with Gasteiger partial charge in [0.25, 0.3) is 0 Å². The maximum atomic E-state index is 11.7. The minimum atomic E-state index is -1.47. The minimum Gasteiger partial charge on any atom is -0.479 e. The maximum absolute atomic E-state index is 11.7. The van der Waals surface area contributed by atoms with E-state index in [4.69, 9.17) is 0 Å². The van der Waals surface area contributed by atoms with Crippen LogP contribution in [0, 0.1) is 0 Å². The highest BCUT2D eigenvalue weighted by molar-refractivity contribution is 5.80. The first kappa shape index (κ1) is 12.0. The Labute approximate surface area is 103 Å². The monoisotopic (exact) mass is 244 g/mol. The van der Waals surface area contributed by atoms with Crippen molar-refractivity contribution in [3.63, 3.8) is 0 Å². The van der Waals surface area contributed by atoms with Crippen LogP contribution in [0.5, 0.6) is 0 Å². The summed E-state index contributed by atoms with van der Waals surface area (Å²) in [7, 11) is 0. The van der Waals surface area contributed by atoms with Crippen LogP contribution in [-0.2, 0) is 10.3 Å². The summed E-state index contributed by atoms with van der Waals surface area (Å²) in [5, 5.41) is 9.48. The van der Waals surface area contributed by atoms with E-state index in [2.05, 4.69) is 4.98 Å². The molecule has 5 heteroatoms. The number of carboxylic acids is 1. The second kappa shape index (κ2) is 4.44. The first-order chi connectivity index (χ1) is 8.56.